The molecule has 1 N–H and O–H groups in total. The largest absolute Gasteiger partial charge is 0.493 e. The van der Waals surface area contributed by atoms with Crippen molar-refractivity contribution in [3.8, 4) is 11.5 Å². The summed E-state index contributed by atoms with van der Waals surface area (Å²) in [4.78, 5) is 19.5. The van der Waals surface area contributed by atoms with Crippen LogP contribution in [0, 0.1) is 0 Å². The van der Waals surface area contributed by atoms with Crippen LogP contribution in [0.2, 0.25) is 0 Å². The Morgan fingerprint density at radius 2 is 2.00 bits per heavy atom. The Bertz CT molecular complexity index is 722. The Hall–Kier alpha value is -2.30. The summed E-state index contributed by atoms with van der Waals surface area (Å²) in [6, 6.07) is 5.72. The van der Waals surface area contributed by atoms with E-state index in [-0.39, 0.29) is 5.56 Å². The first-order valence-electron chi connectivity index (χ1n) is 7.03. The lowest BCUT2D eigenvalue weighted by Crippen LogP contribution is -2.17. The lowest BCUT2D eigenvalue weighted by molar-refractivity contribution is 0.354. The first-order chi connectivity index (χ1) is 10.2. The normalized spacial score (nSPS) is 13.0. The number of ether oxygens (including phenoxy) is 2. The Morgan fingerprint density at radius 1 is 1.19 bits per heavy atom. The molecular formula is C16H18N2O3. The van der Waals surface area contributed by atoms with E-state index >= 15 is 0 Å². The number of methoxy groups -OCH3 is 2. The minimum Gasteiger partial charge on any atom is -0.493 e. The molecule has 0 saturated heterocycles. The summed E-state index contributed by atoms with van der Waals surface area (Å²) >= 11 is 0. The van der Waals surface area contributed by atoms with Crippen LogP contribution in [0.5, 0.6) is 11.5 Å². The molecule has 0 aliphatic heterocycles. The van der Waals surface area contributed by atoms with Gasteiger partial charge in [0.1, 0.15) is 5.82 Å². The number of H-pyrrole nitrogens is 1. The fraction of sp³-hybridized carbons (Fsp3) is 0.375. The fourth-order valence-electron chi connectivity index (χ4n) is 2.76. The number of hydrogen-bond acceptors (Lipinski definition) is 4. The average molecular weight is 286 g/mol. The van der Waals surface area contributed by atoms with E-state index in [1.807, 2.05) is 18.2 Å². The lowest BCUT2D eigenvalue weighted by Gasteiger charge is -2.09. The molecule has 110 valence electrons. The maximum Gasteiger partial charge on any atom is 0.254 e. The number of nitrogens with one attached hydrogen (secondary N) is 1. The highest BCUT2D eigenvalue weighted by Gasteiger charge is 2.17. The molecule has 0 saturated carbocycles. The van der Waals surface area contributed by atoms with Crippen molar-refractivity contribution in [3.05, 3.63) is 51.2 Å². The number of aromatic nitrogens is 2. The molecule has 1 heterocycles. The molecule has 1 aliphatic rings. The highest BCUT2D eigenvalue weighted by Crippen LogP contribution is 2.28. The first-order valence-corrected chi connectivity index (χ1v) is 7.03. The Morgan fingerprint density at radius 3 is 2.76 bits per heavy atom. The molecule has 5 nitrogen and oxygen atoms in total. The van der Waals surface area contributed by atoms with Gasteiger partial charge in [0.2, 0.25) is 0 Å². The third kappa shape index (κ3) is 2.63. The summed E-state index contributed by atoms with van der Waals surface area (Å²) in [7, 11) is 3.22. The maximum atomic E-state index is 12.0. The van der Waals surface area contributed by atoms with Crippen LogP contribution < -0.4 is 15.0 Å². The van der Waals surface area contributed by atoms with E-state index in [1.54, 1.807) is 14.2 Å². The zero-order chi connectivity index (χ0) is 14.8. The van der Waals surface area contributed by atoms with Crippen molar-refractivity contribution in [3.63, 3.8) is 0 Å². The van der Waals surface area contributed by atoms with E-state index in [0.717, 1.165) is 36.1 Å². The zero-order valence-corrected chi connectivity index (χ0v) is 12.2. The number of aromatic amines is 1. The summed E-state index contributed by atoms with van der Waals surface area (Å²) in [5.74, 6) is 2.07. The molecular weight excluding hydrogens is 268 g/mol. The van der Waals surface area contributed by atoms with E-state index in [0.29, 0.717) is 23.7 Å². The van der Waals surface area contributed by atoms with Gasteiger partial charge in [0, 0.05) is 12.0 Å². The van der Waals surface area contributed by atoms with Crippen LogP contribution in [0.4, 0.5) is 0 Å². The smallest absolute Gasteiger partial charge is 0.254 e. The lowest BCUT2D eigenvalue weighted by atomic mass is 10.1. The molecule has 0 radical (unpaired) electrons. The Balaban J connectivity index is 1.90. The molecule has 0 bridgehead atoms. The van der Waals surface area contributed by atoms with Gasteiger partial charge in [-0.2, -0.15) is 0 Å². The summed E-state index contributed by atoms with van der Waals surface area (Å²) in [5.41, 5.74) is 2.84. The number of nitrogens with zero attached hydrogens (tertiary/aromatic N) is 1. The van der Waals surface area contributed by atoms with E-state index in [9.17, 15) is 4.79 Å². The second kappa shape index (κ2) is 5.60. The van der Waals surface area contributed by atoms with Crippen LogP contribution in [-0.4, -0.2) is 24.2 Å². The quantitative estimate of drug-likeness (QED) is 0.932. The standard InChI is InChI=1S/C16H18N2O3/c1-20-13-7-6-10(8-14(13)21-2)9-15-17-12-5-3-4-11(12)16(19)18-15/h6-8H,3-5,9H2,1-2H3,(H,17,18,19). The van der Waals surface area contributed by atoms with Crippen LogP contribution in [0.1, 0.15) is 29.1 Å². The number of rotatable bonds is 4. The highest BCUT2D eigenvalue weighted by molar-refractivity contribution is 5.43. The van der Waals surface area contributed by atoms with Gasteiger partial charge in [0.15, 0.2) is 11.5 Å². The van der Waals surface area contributed by atoms with Crippen molar-refractivity contribution < 1.29 is 9.47 Å². The van der Waals surface area contributed by atoms with Gasteiger partial charge in [0.25, 0.3) is 5.56 Å². The number of hydrogen-bond donors (Lipinski definition) is 1. The second-order valence-corrected chi connectivity index (χ2v) is 5.16. The van der Waals surface area contributed by atoms with Gasteiger partial charge in [-0.1, -0.05) is 6.07 Å². The van der Waals surface area contributed by atoms with Gasteiger partial charge in [-0.05, 0) is 37.0 Å². The van der Waals surface area contributed by atoms with Crippen molar-refractivity contribution >= 4 is 0 Å². The SMILES string of the molecule is COc1ccc(Cc2nc3c(c(=O)[nH]2)CCC3)cc1OC. The minimum atomic E-state index is 0.00739. The summed E-state index contributed by atoms with van der Waals surface area (Å²) in [6.07, 6.45) is 3.33. The van der Waals surface area contributed by atoms with Gasteiger partial charge in [-0.25, -0.2) is 4.98 Å². The van der Waals surface area contributed by atoms with Crippen LogP contribution in [0.15, 0.2) is 23.0 Å². The second-order valence-electron chi connectivity index (χ2n) is 5.16. The molecule has 0 fully saturated rings. The highest BCUT2D eigenvalue weighted by atomic mass is 16.5. The molecule has 0 amide bonds. The van der Waals surface area contributed by atoms with Crippen molar-refractivity contribution in [1.29, 1.82) is 0 Å². The molecule has 3 rings (SSSR count). The van der Waals surface area contributed by atoms with Crippen molar-refractivity contribution in [2.24, 2.45) is 0 Å². The van der Waals surface area contributed by atoms with Gasteiger partial charge >= 0.3 is 0 Å². The van der Waals surface area contributed by atoms with Crippen LogP contribution in [0.3, 0.4) is 0 Å². The fourth-order valence-corrected chi connectivity index (χ4v) is 2.76. The monoisotopic (exact) mass is 286 g/mol. The van der Waals surface area contributed by atoms with E-state index in [1.165, 1.54) is 0 Å². The Kier molecular flexibility index (Phi) is 3.64. The Labute approximate surface area is 123 Å². The van der Waals surface area contributed by atoms with Gasteiger partial charge < -0.3 is 14.5 Å². The molecule has 1 aromatic carbocycles. The van der Waals surface area contributed by atoms with Gasteiger partial charge in [-0.3, -0.25) is 4.79 Å². The zero-order valence-electron chi connectivity index (χ0n) is 12.2. The maximum absolute atomic E-state index is 12.0. The molecule has 0 atom stereocenters. The number of aryl methyl sites for hydroxylation is 1. The van der Waals surface area contributed by atoms with Crippen molar-refractivity contribution in [2.75, 3.05) is 14.2 Å². The molecule has 5 heteroatoms. The van der Waals surface area contributed by atoms with Crippen LogP contribution >= 0.6 is 0 Å². The van der Waals surface area contributed by atoms with Gasteiger partial charge in [-0.15, -0.1) is 0 Å². The molecule has 0 spiro atoms. The molecule has 0 unspecified atom stereocenters. The topological polar surface area (TPSA) is 64.2 Å². The minimum absolute atomic E-state index is 0.00739. The average Bonchev–Trinajstić information content (AvgIpc) is 2.96. The first kappa shape index (κ1) is 13.7. The predicted molar refractivity (Wildman–Crippen MR) is 79.2 cm³/mol. The third-order valence-electron chi connectivity index (χ3n) is 3.81. The molecule has 1 aliphatic carbocycles. The number of fused-ring (bicyclic) bond motifs is 1. The van der Waals surface area contributed by atoms with Crippen LogP contribution in [-0.2, 0) is 19.3 Å². The van der Waals surface area contributed by atoms with E-state index in [2.05, 4.69) is 9.97 Å². The molecule has 2 aromatic rings. The third-order valence-corrected chi connectivity index (χ3v) is 3.81. The number of benzene rings is 1. The summed E-state index contributed by atoms with van der Waals surface area (Å²) in [5, 5.41) is 0. The van der Waals surface area contributed by atoms with Gasteiger partial charge in [0.05, 0.1) is 19.9 Å². The van der Waals surface area contributed by atoms with Crippen molar-refractivity contribution in [2.45, 2.75) is 25.7 Å². The van der Waals surface area contributed by atoms with E-state index < -0.39 is 0 Å². The van der Waals surface area contributed by atoms with Crippen molar-refractivity contribution in [1.82, 2.24) is 9.97 Å². The van der Waals surface area contributed by atoms with Crippen LogP contribution in [0.25, 0.3) is 0 Å². The molecule has 1 aromatic heterocycles. The summed E-state index contributed by atoms with van der Waals surface area (Å²) in [6.45, 7) is 0. The predicted octanol–water partition coefficient (Wildman–Crippen LogP) is 1.87. The van der Waals surface area contributed by atoms with E-state index in [4.69, 9.17) is 9.47 Å². The summed E-state index contributed by atoms with van der Waals surface area (Å²) < 4.78 is 10.5. The molecule has 21 heavy (non-hydrogen) atoms.